The minimum absolute atomic E-state index is 0.148. The quantitative estimate of drug-likeness (QED) is 0.597. The van der Waals surface area contributed by atoms with Gasteiger partial charge in [-0.15, -0.1) is 0 Å². The third-order valence-corrected chi connectivity index (χ3v) is 2.67. The van der Waals surface area contributed by atoms with Crippen LogP contribution in [0.15, 0.2) is 24.3 Å². The first-order valence-corrected chi connectivity index (χ1v) is 5.30. The molecule has 4 nitrogen and oxygen atoms in total. The van der Waals surface area contributed by atoms with E-state index in [1.807, 2.05) is 19.1 Å². The highest BCUT2D eigenvalue weighted by atomic mass is 16.3. The number of phenols is 1. The van der Waals surface area contributed by atoms with Crippen LogP contribution in [0.4, 0.5) is 0 Å². The molecule has 0 saturated carbocycles. The molecule has 0 fully saturated rings. The van der Waals surface area contributed by atoms with Gasteiger partial charge in [-0.3, -0.25) is 0 Å². The van der Waals surface area contributed by atoms with Crippen molar-refractivity contribution in [1.29, 1.82) is 0 Å². The Morgan fingerprint density at radius 2 is 1.81 bits per heavy atom. The molecule has 90 valence electrons. The summed E-state index contributed by atoms with van der Waals surface area (Å²) >= 11 is 0. The van der Waals surface area contributed by atoms with Gasteiger partial charge < -0.3 is 20.6 Å². The van der Waals surface area contributed by atoms with Crippen molar-refractivity contribution < 1.29 is 15.3 Å². The fourth-order valence-electron chi connectivity index (χ4n) is 1.60. The smallest absolute Gasteiger partial charge is 0.120 e. The van der Waals surface area contributed by atoms with E-state index in [2.05, 4.69) is 5.32 Å². The Hall–Kier alpha value is -1.10. The number of hydrogen-bond acceptors (Lipinski definition) is 4. The van der Waals surface area contributed by atoms with Gasteiger partial charge in [-0.2, -0.15) is 0 Å². The molecule has 16 heavy (non-hydrogen) atoms. The molecule has 0 aliphatic heterocycles. The molecular formula is C12H19NO3. The molecule has 1 atom stereocenters. The average molecular weight is 225 g/mol. The van der Waals surface area contributed by atoms with Crippen LogP contribution in [0.3, 0.4) is 0 Å². The standard InChI is InChI=1S/C12H19NO3/c1-9(13-12(2,7-14)8-15)10-5-3-4-6-11(10)16/h3-6,9,13-16H,7-8H2,1-2H3. The van der Waals surface area contributed by atoms with E-state index in [0.29, 0.717) is 0 Å². The summed E-state index contributed by atoms with van der Waals surface area (Å²) < 4.78 is 0. The van der Waals surface area contributed by atoms with E-state index in [4.69, 9.17) is 10.2 Å². The lowest BCUT2D eigenvalue weighted by Gasteiger charge is -2.30. The van der Waals surface area contributed by atoms with Crippen LogP contribution in [-0.4, -0.2) is 34.1 Å². The van der Waals surface area contributed by atoms with Crippen LogP contribution in [-0.2, 0) is 0 Å². The van der Waals surface area contributed by atoms with Crippen molar-refractivity contribution in [2.24, 2.45) is 0 Å². The van der Waals surface area contributed by atoms with Crippen LogP contribution in [0, 0.1) is 0 Å². The molecule has 0 saturated heterocycles. The second kappa shape index (κ2) is 5.30. The Morgan fingerprint density at radius 3 is 2.31 bits per heavy atom. The van der Waals surface area contributed by atoms with Crippen molar-refractivity contribution >= 4 is 0 Å². The number of benzene rings is 1. The highest BCUT2D eigenvalue weighted by molar-refractivity contribution is 5.34. The van der Waals surface area contributed by atoms with Gasteiger partial charge in [-0.05, 0) is 19.9 Å². The molecule has 0 amide bonds. The predicted molar refractivity (Wildman–Crippen MR) is 62.2 cm³/mol. The molecule has 1 rings (SSSR count). The van der Waals surface area contributed by atoms with Crippen molar-refractivity contribution in [3.8, 4) is 5.75 Å². The molecule has 4 N–H and O–H groups in total. The molecule has 0 aliphatic carbocycles. The van der Waals surface area contributed by atoms with Gasteiger partial charge in [-0.25, -0.2) is 0 Å². The van der Waals surface area contributed by atoms with Crippen LogP contribution in [0.5, 0.6) is 5.75 Å². The largest absolute Gasteiger partial charge is 0.508 e. The zero-order chi connectivity index (χ0) is 12.2. The number of rotatable bonds is 5. The fourth-order valence-corrected chi connectivity index (χ4v) is 1.60. The molecule has 0 aromatic heterocycles. The van der Waals surface area contributed by atoms with Gasteiger partial charge in [0.1, 0.15) is 5.75 Å². The number of aliphatic hydroxyl groups is 2. The topological polar surface area (TPSA) is 72.7 Å². The van der Waals surface area contributed by atoms with Crippen LogP contribution < -0.4 is 5.32 Å². The van der Waals surface area contributed by atoms with Gasteiger partial charge in [0, 0.05) is 11.6 Å². The Labute approximate surface area is 95.6 Å². The Kier molecular flexibility index (Phi) is 4.29. The van der Waals surface area contributed by atoms with E-state index in [1.54, 1.807) is 19.1 Å². The predicted octanol–water partition coefficient (Wildman–Crippen LogP) is 0.786. The first-order chi connectivity index (χ1) is 7.52. The number of aliphatic hydroxyl groups excluding tert-OH is 2. The summed E-state index contributed by atoms with van der Waals surface area (Å²) in [6.07, 6.45) is 0. The molecule has 1 aromatic rings. The van der Waals surface area contributed by atoms with Gasteiger partial charge >= 0.3 is 0 Å². The van der Waals surface area contributed by atoms with Crippen molar-refractivity contribution in [3.05, 3.63) is 29.8 Å². The van der Waals surface area contributed by atoms with E-state index in [-0.39, 0.29) is 25.0 Å². The Morgan fingerprint density at radius 1 is 1.25 bits per heavy atom. The summed E-state index contributed by atoms with van der Waals surface area (Å²) in [6, 6.07) is 6.86. The number of nitrogens with one attached hydrogen (secondary N) is 1. The van der Waals surface area contributed by atoms with E-state index in [0.717, 1.165) is 5.56 Å². The number of hydrogen-bond donors (Lipinski definition) is 4. The minimum atomic E-state index is -0.748. The van der Waals surface area contributed by atoms with E-state index in [9.17, 15) is 5.11 Å². The molecule has 0 radical (unpaired) electrons. The normalized spacial score (nSPS) is 13.8. The monoisotopic (exact) mass is 225 g/mol. The van der Waals surface area contributed by atoms with Crippen molar-refractivity contribution in [1.82, 2.24) is 5.32 Å². The maximum Gasteiger partial charge on any atom is 0.120 e. The molecular weight excluding hydrogens is 206 g/mol. The third kappa shape index (κ3) is 2.95. The molecule has 1 unspecified atom stereocenters. The number of para-hydroxylation sites is 1. The molecule has 1 aromatic carbocycles. The van der Waals surface area contributed by atoms with E-state index < -0.39 is 5.54 Å². The van der Waals surface area contributed by atoms with E-state index >= 15 is 0 Å². The highest BCUT2D eigenvalue weighted by Crippen LogP contribution is 2.24. The summed E-state index contributed by atoms with van der Waals surface area (Å²) in [5.74, 6) is 0.209. The summed E-state index contributed by atoms with van der Waals surface area (Å²) in [7, 11) is 0. The van der Waals surface area contributed by atoms with Crippen molar-refractivity contribution in [2.75, 3.05) is 13.2 Å². The lowest BCUT2D eigenvalue weighted by molar-refractivity contribution is 0.0954. The second-order valence-corrected chi connectivity index (χ2v) is 4.30. The zero-order valence-corrected chi connectivity index (χ0v) is 9.64. The fraction of sp³-hybridized carbons (Fsp3) is 0.500. The summed E-state index contributed by atoms with van der Waals surface area (Å²) in [4.78, 5) is 0. The van der Waals surface area contributed by atoms with Crippen LogP contribution >= 0.6 is 0 Å². The molecule has 0 heterocycles. The minimum Gasteiger partial charge on any atom is -0.508 e. The molecule has 0 spiro atoms. The SMILES string of the molecule is CC(NC(C)(CO)CO)c1ccccc1O. The lowest BCUT2D eigenvalue weighted by Crippen LogP contribution is -2.49. The average Bonchev–Trinajstić information content (AvgIpc) is 2.29. The maximum absolute atomic E-state index is 9.66. The second-order valence-electron chi connectivity index (χ2n) is 4.30. The van der Waals surface area contributed by atoms with Crippen LogP contribution in [0.1, 0.15) is 25.5 Å². The van der Waals surface area contributed by atoms with Gasteiger partial charge in [0.05, 0.1) is 18.8 Å². The first-order valence-electron chi connectivity index (χ1n) is 5.30. The van der Waals surface area contributed by atoms with Gasteiger partial charge in [0.25, 0.3) is 0 Å². The summed E-state index contributed by atoms with van der Waals surface area (Å²) in [6.45, 7) is 3.27. The van der Waals surface area contributed by atoms with Crippen molar-refractivity contribution in [3.63, 3.8) is 0 Å². The van der Waals surface area contributed by atoms with E-state index in [1.165, 1.54) is 0 Å². The van der Waals surface area contributed by atoms with Gasteiger partial charge in [0.2, 0.25) is 0 Å². The first kappa shape index (κ1) is 13.0. The Bertz CT molecular complexity index is 337. The van der Waals surface area contributed by atoms with Crippen molar-refractivity contribution in [2.45, 2.75) is 25.4 Å². The number of aromatic hydroxyl groups is 1. The van der Waals surface area contributed by atoms with Crippen LogP contribution in [0.2, 0.25) is 0 Å². The molecule has 0 aliphatic rings. The third-order valence-electron chi connectivity index (χ3n) is 2.67. The van der Waals surface area contributed by atoms with Crippen LogP contribution in [0.25, 0.3) is 0 Å². The zero-order valence-electron chi connectivity index (χ0n) is 9.64. The maximum atomic E-state index is 9.66. The molecule has 0 bridgehead atoms. The van der Waals surface area contributed by atoms with Gasteiger partial charge in [-0.1, -0.05) is 18.2 Å². The van der Waals surface area contributed by atoms with Gasteiger partial charge in [0.15, 0.2) is 0 Å². The Balaban J connectivity index is 2.80. The summed E-state index contributed by atoms with van der Waals surface area (Å²) in [5.41, 5.74) is -0.00237. The highest BCUT2D eigenvalue weighted by Gasteiger charge is 2.25. The summed E-state index contributed by atoms with van der Waals surface area (Å²) in [5, 5.41) is 31.1. The lowest BCUT2D eigenvalue weighted by atomic mass is 10.00. The molecule has 4 heteroatoms. The number of phenolic OH excluding ortho intramolecular Hbond substituents is 1.